The van der Waals surface area contributed by atoms with Gasteiger partial charge in [0.1, 0.15) is 28.9 Å². The van der Waals surface area contributed by atoms with E-state index in [0.29, 0.717) is 33.1 Å². The van der Waals surface area contributed by atoms with Crippen LogP contribution in [-0.2, 0) is 6.61 Å². The number of furan rings is 1. The second-order valence-electron chi connectivity index (χ2n) is 5.16. The van der Waals surface area contributed by atoms with Gasteiger partial charge in [0.15, 0.2) is 5.82 Å². The number of halogens is 2. The van der Waals surface area contributed by atoms with Crippen LogP contribution in [0.2, 0.25) is 10.0 Å². The molecule has 0 saturated heterocycles. The minimum Gasteiger partial charge on any atom is -0.484 e. The zero-order chi connectivity index (χ0) is 18.5. The molecule has 0 aliphatic carbocycles. The molecule has 3 aromatic rings. The SMILES string of the molecule is CCSc1nnc(C)n1N=Cc1ccc(COc2cccc(Cl)c2Cl)o1. The Morgan fingerprint density at radius 3 is 2.92 bits per heavy atom. The monoisotopic (exact) mass is 410 g/mol. The van der Waals surface area contributed by atoms with Crippen LogP contribution < -0.4 is 4.74 Å². The highest BCUT2D eigenvalue weighted by atomic mass is 35.5. The molecule has 0 aliphatic rings. The van der Waals surface area contributed by atoms with E-state index in [0.717, 1.165) is 10.9 Å². The Bertz CT molecular complexity index is 923. The predicted molar refractivity (Wildman–Crippen MR) is 104 cm³/mol. The number of rotatable bonds is 7. The molecule has 6 nitrogen and oxygen atoms in total. The molecule has 0 aliphatic heterocycles. The molecule has 2 aromatic heterocycles. The first kappa shape index (κ1) is 18.8. The van der Waals surface area contributed by atoms with Crippen LogP contribution >= 0.6 is 35.0 Å². The molecular formula is C17H16Cl2N4O2S. The van der Waals surface area contributed by atoms with E-state index in [1.807, 2.05) is 26.0 Å². The normalized spacial score (nSPS) is 11.4. The highest BCUT2D eigenvalue weighted by Gasteiger charge is 2.09. The van der Waals surface area contributed by atoms with E-state index < -0.39 is 0 Å². The molecule has 0 spiro atoms. The van der Waals surface area contributed by atoms with Crippen LogP contribution in [0.15, 0.2) is 45.0 Å². The number of hydrogen-bond donors (Lipinski definition) is 0. The Balaban J connectivity index is 1.67. The lowest BCUT2D eigenvalue weighted by Crippen LogP contribution is -1.96. The van der Waals surface area contributed by atoms with Gasteiger partial charge in [-0.2, -0.15) is 9.78 Å². The third kappa shape index (κ3) is 4.41. The molecule has 0 atom stereocenters. The molecule has 0 N–H and O–H groups in total. The molecule has 0 fully saturated rings. The van der Waals surface area contributed by atoms with E-state index in [1.54, 1.807) is 40.9 Å². The van der Waals surface area contributed by atoms with Gasteiger partial charge < -0.3 is 9.15 Å². The van der Waals surface area contributed by atoms with E-state index in [4.69, 9.17) is 32.4 Å². The maximum atomic E-state index is 6.10. The van der Waals surface area contributed by atoms with Crippen molar-refractivity contribution in [1.82, 2.24) is 14.9 Å². The van der Waals surface area contributed by atoms with Crippen molar-refractivity contribution in [2.45, 2.75) is 25.6 Å². The van der Waals surface area contributed by atoms with Gasteiger partial charge in [0, 0.05) is 0 Å². The molecule has 0 amide bonds. The molecule has 3 rings (SSSR count). The fraction of sp³-hybridized carbons (Fsp3) is 0.235. The number of ether oxygens (including phenoxy) is 1. The van der Waals surface area contributed by atoms with Crippen molar-refractivity contribution >= 4 is 41.2 Å². The molecule has 0 saturated carbocycles. The first-order chi connectivity index (χ1) is 12.6. The second-order valence-corrected chi connectivity index (χ2v) is 7.18. The number of aromatic nitrogens is 3. The van der Waals surface area contributed by atoms with Crippen LogP contribution in [-0.4, -0.2) is 26.8 Å². The van der Waals surface area contributed by atoms with E-state index in [-0.39, 0.29) is 6.61 Å². The third-order valence-corrected chi connectivity index (χ3v) is 4.91. The Morgan fingerprint density at radius 2 is 2.12 bits per heavy atom. The van der Waals surface area contributed by atoms with Crippen LogP contribution in [0, 0.1) is 6.92 Å². The Labute approximate surface area is 165 Å². The Kier molecular flexibility index (Phi) is 6.24. The van der Waals surface area contributed by atoms with Crippen molar-refractivity contribution in [3.05, 3.63) is 57.7 Å². The Hall–Kier alpha value is -1.96. The highest BCUT2D eigenvalue weighted by Crippen LogP contribution is 2.32. The quantitative estimate of drug-likeness (QED) is 0.402. The lowest BCUT2D eigenvalue weighted by molar-refractivity contribution is 0.270. The molecule has 9 heteroatoms. The van der Waals surface area contributed by atoms with Crippen LogP contribution in [0.1, 0.15) is 24.3 Å². The summed E-state index contributed by atoms with van der Waals surface area (Å²) in [5.41, 5.74) is 0. The summed E-state index contributed by atoms with van der Waals surface area (Å²) in [4.78, 5) is 0. The summed E-state index contributed by atoms with van der Waals surface area (Å²) < 4.78 is 13.0. The first-order valence-electron chi connectivity index (χ1n) is 7.83. The maximum Gasteiger partial charge on any atom is 0.212 e. The topological polar surface area (TPSA) is 65.4 Å². The summed E-state index contributed by atoms with van der Waals surface area (Å²) in [6.07, 6.45) is 1.62. The third-order valence-electron chi connectivity index (χ3n) is 3.31. The van der Waals surface area contributed by atoms with Gasteiger partial charge in [0.05, 0.1) is 11.2 Å². The van der Waals surface area contributed by atoms with Crippen molar-refractivity contribution in [2.24, 2.45) is 5.10 Å². The summed E-state index contributed by atoms with van der Waals surface area (Å²) in [5, 5.41) is 14.1. The fourth-order valence-corrected chi connectivity index (χ4v) is 3.10. The molecular weight excluding hydrogens is 395 g/mol. The van der Waals surface area contributed by atoms with Crippen molar-refractivity contribution in [1.29, 1.82) is 0 Å². The highest BCUT2D eigenvalue weighted by molar-refractivity contribution is 7.99. The molecule has 26 heavy (non-hydrogen) atoms. The standard InChI is InChI=1S/C17H16Cl2N4O2S/c1-3-26-17-22-21-11(2)23(17)20-9-12-7-8-13(25-12)10-24-15-6-4-5-14(18)16(15)19/h4-9H,3,10H2,1-2H3. The molecule has 1 aromatic carbocycles. The zero-order valence-corrected chi connectivity index (χ0v) is 16.5. The summed E-state index contributed by atoms with van der Waals surface area (Å²) in [6, 6.07) is 8.86. The van der Waals surface area contributed by atoms with E-state index >= 15 is 0 Å². The first-order valence-corrected chi connectivity index (χ1v) is 9.57. The minimum absolute atomic E-state index is 0.233. The van der Waals surface area contributed by atoms with Crippen LogP contribution in [0.3, 0.4) is 0 Å². The van der Waals surface area contributed by atoms with Crippen LogP contribution in [0.4, 0.5) is 0 Å². The van der Waals surface area contributed by atoms with Gasteiger partial charge in [0.2, 0.25) is 5.16 Å². The van der Waals surface area contributed by atoms with Gasteiger partial charge in [-0.25, -0.2) is 0 Å². The number of thioether (sulfide) groups is 1. The summed E-state index contributed by atoms with van der Waals surface area (Å²) in [7, 11) is 0. The van der Waals surface area contributed by atoms with Crippen molar-refractivity contribution in [3.63, 3.8) is 0 Å². The van der Waals surface area contributed by atoms with Crippen molar-refractivity contribution < 1.29 is 9.15 Å². The molecule has 0 radical (unpaired) electrons. The lowest BCUT2D eigenvalue weighted by Gasteiger charge is -2.06. The fourth-order valence-electron chi connectivity index (χ4n) is 2.09. The van der Waals surface area contributed by atoms with Crippen molar-refractivity contribution in [2.75, 3.05) is 5.75 Å². The van der Waals surface area contributed by atoms with Crippen LogP contribution in [0.25, 0.3) is 0 Å². The molecule has 2 heterocycles. The van der Waals surface area contributed by atoms with E-state index in [9.17, 15) is 0 Å². The average Bonchev–Trinajstić information content (AvgIpc) is 3.22. The van der Waals surface area contributed by atoms with Gasteiger partial charge >= 0.3 is 0 Å². The molecule has 136 valence electrons. The smallest absolute Gasteiger partial charge is 0.212 e. The van der Waals surface area contributed by atoms with Gasteiger partial charge in [-0.05, 0) is 36.9 Å². The average molecular weight is 411 g/mol. The largest absolute Gasteiger partial charge is 0.484 e. The van der Waals surface area contributed by atoms with E-state index in [2.05, 4.69) is 15.3 Å². The maximum absolute atomic E-state index is 6.10. The number of aryl methyl sites for hydroxylation is 1. The molecule has 0 unspecified atom stereocenters. The van der Waals surface area contributed by atoms with Gasteiger partial charge in [-0.15, -0.1) is 10.2 Å². The zero-order valence-electron chi connectivity index (χ0n) is 14.1. The number of nitrogens with zero attached hydrogens (tertiary/aromatic N) is 4. The van der Waals surface area contributed by atoms with Gasteiger partial charge in [-0.3, -0.25) is 0 Å². The minimum atomic E-state index is 0.233. The predicted octanol–water partition coefficient (Wildman–Crippen LogP) is 5.06. The van der Waals surface area contributed by atoms with E-state index in [1.165, 1.54) is 0 Å². The van der Waals surface area contributed by atoms with Gasteiger partial charge in [-0.1, -0.05) is 48.0 Å². The summed E-state index contributed by atoms with van der Waals surface area (Å²) in [6.45, 7) is 4.13. The Morgan fingerprint density at radius 1 is 1.27 bits per heavy atom. The number of benzene rings is 1. The second kappa shape index (κ2) is 8.62. The molecule has 0 bridgehead atoms. The van der Waals surface area contributed by atoms with Crippen LogP contribution in [0.5, 0.6) is 5.75 Å². The van der Waals surface area contributed by atoms with Crippen molar-refractivity contribution in [3.8, 4) is 5.75 Å². The summed E-state index contributed by atoms with van der Waals surface area (Å²) >= 11 is 13.6. The summed E-state index contributed by atoms with van der Waals surface area (Å²) in [5.74, 6) is 3.35. The lowest BCUT2D eigenvalue weighted by atomic mass is 10.3. The number of hydrogen-bond acceptors (Lipinski definition) is 6. The van der Waals surface area contributed by atoms with Gasteiger partial charge in [0.25, 0.3) is 0 Å².